The van der Waals surface area contributed by atoms with Gasteiger partial charge in [-0.1, -0.05) is 67.8 Å². The third kappa shape index (κ3) is 6.21. The highest BCUT2D eigenvalue weighted by Gasteiger charge is 2.30. The topological polar surface area (TPSA) is 95.9 Å². The number of aliphatic carboxylic acids is 1. The van der Waals surface area contributed by atoms with Gasteiger partial charge >= 0.3 is 12.1 Å². The number of fused-ring (bicyclic) bond motifs is 3. The number of carbonyl (C=O) groups excluding carboxylic acids is 2. The molecule has 2 aromatic carbocycles. The average Bonchev–Trinajstić information content (AvgIpc) is 3.48. The van der Waals surface area contributed by atoms with E-state index in [-0.39, 0.29) is 17.9 Å². The van der Waals surface area contributed by atoms with Crippen LogP contribution in [0.4, 0.5) is 4.79 Å². The summed E-state index contributed by atoms with van der Waals surface area (Å²) >= 11 is 0. The minimum atomic E-state index is -0.813. The molecule has 7 heteroatoms. The standard InChI is InChI=1S/C28H34N2O5/c31-26(30-17-15-20(18-30)27(32)33)14-4-2-1-3-9-16-29-28(34)35-19-25-23-12-7-5-10-21(23)22-11-6-8-13-24(22)25/h5-8,10-13,20,25H,1-4,9,14-19H2,(H,29,34)(H,32,33). The van der Waals surface area contributed by atoms with Crippen LogP contribution in [-0.2, 0) is 14.3 Å². The molecule has 2 aliphatic rings. The first-order chi connectivity index (χ1) is 17.0. The zero-order valence-corrected chi connectivity index (χ0v) is 20.1. The van der Waals surface area contributed by atoms with Gasteiger partial charge in [0.25, 0.3) is 0 Å². The molecule has 2 amide bonds. The molecule has 4 rings (SSSR count). The highest BCUT2D eigenvalue weighted by atomic mass is 16.5. The van der Waals surface area contributed by atoms with Gasteiger partial charge in [-0.3, -0.25) is 9.59 Å². The van der Waals surface area contributed by atoms with E-state index < -0.39 is 11.9 Å². The first-order valence-corrected chi connectivity index (χ1v) is 12.6. The summed E-state index contributed by atoms with van der Waals surface area (Å²) in [6.07, 6.45) is 5.25. The Kier molecular flexibility index (Phi) is 8.40. The second-order valence-electron chi connectivity index (χ2n) is 9.43. The molecular weight excluding hydrogens is 444 g/mol. The van der Waals surface area contributed by atoms with Crippen molar-refractivity contribution in [2.75, 3.05) is 26.2 Å². The van der Waals surface area contributed by atoms with E-state index in [1.807, 2.05) is 24.3 Å². The summed E-state index contributed by atoms with van der Waals surface area (Å²) in [5.41, 5.74) is 4.82. The SMILES string of the molecule is O=C(NCCCCCCCC(=O)N1CCC(C(=O)O)C1)OCC1c2ccccc2-c2ccccc21. The van der Waals surface area contributed by atoms with Gasteiger partial charge < -0.3 is 20.1 Å². The number of benzene rings is 2. The Morgan fingerprint density at radius 2 is 1.54 bits per heavy atom. The smallest absolute Gasteiger partial charge is 0.407 e. The number of rotatable bonds is 11. The molecule has 0 aromatic heterocycles. The fourth-order valence-corrected chi connectivity index (χ4v) is 5.12. The molecule has 1 unspecified atom stereocenters. The van der Waals surface area contributed by atoms with Crippen LogP contribution in [0.1, 0.15) is 62.0 Å². The van der Waals surface area contributed by atoms with E-state index in [9.17, 15) is 14.4 Å². The maximum atomic E-state index is 12.2. The number of likely N-dealkylation sites (tertiary alicyclic amines) is 1. The van der Waals surface area contributed by atoms with Gasteiger partial charge in [0.1, 0.15) is 6.61 Å². The average molecular weight is 479 g/mol. The lowest BCUT2D eigenvalue weighted by atomic mass is 9.98. The summed E-state index contributed by atoms with van der Waals surface area (Å²) in [7, 11) is 0. The van der Waals surface area contributed by atoms with Crippen LogP contribution in [0.15, 0.2) is 48.5 Å². The molecule has 0 saturated carbocycles. The maximum Gasteiger partial charge on any atom is 0.407 e. The third-order valence-electron chi connectivity index (χ3n) is 7.07. The predicted octanol–water partition coefficient (Wildman–Crippen LogP) is 4.80. The van der Waals surface area contributed by atoms with Crippen molar-refractivity contribution >= 4 is 18.0 Å². The van der Waals surface area contributed by atoms with Crippen molar-refractivity contribution in [1.29, 1.82) is 0 Å². The summed E-state index contributed by atoms with van der Waals surface area (Å²) in [6, 6.07) is 16.6. The number of carboxylic acid groups (broad SMARTS) is 1. The molecule has 1 saturated heterocycles. The van der Waals surface area contributed by atoms with Crippen LogP contribution in [0.25, 0.3) is 11.1 Å². The summed E-state index contributed by atoms with van der Waals surface area (Å²) < 4.78 is 5.55. The van der Waals surface area contributed by atoms with E-state index in [0.717, 1.165) is 32.1 Å². The van der Waals surface area contributed by atoms with Gasteiger partial charge in [-0.05, 0) is 41.5 Å². The van der Waals surface area contributed by atoms with Crippen molar-refractivity contribution in [3.63, 3.8) is 0 Å². The molecule has 1 aliphatic carbocycles. The van der Waals surface area contributed by atoms with Crippen LogP contribution in [0.2, 0.25) is 0 Å². The van der Waals surface area contributed by atoms with Crippen molar-refractivity contribution in [2.24, 2.45) is 5.92 Å². The number of unbranched alkanes of at least 4 members (excludes halogenated alkanes) is 4. The summed E-state index contributed by atoms with van der Waals surface area (Å²) in [5, 5.41) is 11.9. The van der Waals surface area contributed by atoms with Gasteiger partial charge in [0, 0.05) is 32.0 Å². The second kappa shape index (κ2) is 11.9. The molecule has 0 spiro atoms. The molecule has 1 fully saturated rings. The molecule has 1 aliphatic heterocycles. The van der Waals surface area contributed by atoms with Crippen LogP contribution in [0.3, 0.4) is 0 Å². The van der Waals surface area contributed by atoms with Gasteiger partial charge in [0.2, 0.25) is 5.91 Å². The maximum absolute atomic E-state index is 12.2. The van der Waals surface area contributed by atoms with Gasteiger partial charge in [-0.2, -0.15) is 0 Å². The quantitative estimate of drug-likeness (QED) is 0.453. The molecule has 35 heavy (non-hydrogen) atoms. The number of hydrogen-bond donors (Lipinski definition) is 2. The Bertz CT molecular complexity index is 1010. The third-order valence-corrected chi connectivity index (χ3v) is 7.07. The molecule has 7 nitrogen and oxygen atoms in total. The lowest BCUT2D eigenvalue weighted by Crippen LogP contribution is -2.29. The number of alkyl carbamates (subject to hydrolysis) is 1. The van der Waals surface area contributed by atoms with E-state index in [1.54, 1.807) is 4.90 Å². The Morgan fingerprint density at radius 1 is 0.914 bits per heavy atom. The Labute approximate surface area is 206 Å². The monoisotopic (exact) mass is 478 g/mol. The Hall–Kier alpha value is -3.35. The first kappa shape index (κ1) is 24.8. The minimum absolute atomic E-state index is 0.0608. The fourth-order valence-electron chi connectivity index (χ4n) is 5.12. The van der Waals surface area contributed by atoms with E-state index in [4.69, 9.17) is 9.84 Å². The first-order valence-electron chi connectivity index (χ1n) is 12.6. The molecule has 0 bridgehead atoms. The van der Waals surface area contributed by atoms with Gasteiger partial charge in [-0.25, -0.2) is 4.79 Å². The lowest BCUT2D eigenvalue weighted by molar-refractivity contribution is -0.141. The number of nitrogens with zero attached hydrogens (tertiary/aromatic N) is 1. The zero-order chi connectivity index (χ0) is 24.6. The predicted molar refractivity (Wildman–Crippen MR) is 133 cm³/mol. The van der Waals surface area contributed by atoms with Crippen LogP contribution in [0, 0.1) is 5.92 Å². The minimum Gasteiger partial charge on any atom is -0.481 e. The number of carboxylic acids is 1. The zero-order valence-electron chi connectivity index (χ0n) is 20.1. The van der Waals surface area contributed by atoms with Crippen molar-refractivity contribution in [3.05, 3.63) is 59.7 Å². The number of hydrogen-bond acceptors (Lipinski definition) is 4. The second-order valence-corrected chi connectivity index (χ2v) is 9.43. The van der Waals surface area contributed by atoms with Gasteiger partial charge in [-0.15, -0.1) is 0 Å². The molecule has 186 valence electrons. The van der Waals surface area contributed by atoms with Crippen molar-refractivity contribution in [3.8, 4) is 11.1 Å². The largest absolute Gasteiger partial charge is 0.481 e. The number of amides is 2. The molecule has 1 heterocycles. The highest BCUT2D eigenvalue weighted by Crippen LogP contribution is 2.44. The Morgan fingerprint density at radius 3 is 2.20 bits per heavy atom. The molecular formula is C28H34N2O5. The Balaban J connectivity index is 1.07. The number of nitrogens with one attached hydrogen (secondary N) is 1. The fraction of sp³-hybridized carbons (Fsp3) is 0.464. The van der Waals surface area contributed by atoms with E-state index in [2.05, 4.69) is 29.6 Å². The van der Waals surface area contributed by atoms with Gasteiger partial charge in [0.05, 0.1) is 5.92 Å². The summed E-state index contributed by atoms with van der Waals surface area (Å²) in [5.74, 6) is -1.10. The van der Waals surface area contributed by atoms with E-state index >= 15 is 0 Å². The van der Waals surface area contributed by atoms with Crippen LogP contribution in [-0.4, -0.2) is 54.2 Å². The summed E-state index contributed by atoms with van der Waals surface area (Å²) in [6.45, 7) is 1.78. The van der Waals surface area contributed by atoms with Crippen LogP contribution in [0.5, 0.6) is 0 Å². The normalized spacial score (nSPS) is 16.6. The molecule has 0 radical (unpaired) electrons. The molecule has 2 aromatic rings. The van der Waals surface area contributed by atoms with Crippen LogP contribution >= 0.6 is 0 Å². The van der Waals surface area contributed by atoms with E-state index in [1.165, 1.54) is 22.3 Å². The van der Waals surface area contributed by atoms with Crippen LogP contribution < -0.4 is 5.32 Å². The lowest BCUT2D eigenvalue weighted by Gasteiger charge is -2.15. The van der Waals surface area contributed by atoms with Crippen molar-refractivity contribution in [2.45, 2.75) is 50.9 Å². The summed E-state index contributed by atoms with van der Waals surface area (Å²) in [4.78, 5) is 37.1. The number of ether oxygens (including phenoxy) is 1. The molecule has 2 N–H and O–H groups in total. The van der Waals surface area contributed by atoms with Crippen molar-refractivity contribution < 1.29 is 24.2 Å². The van der Waals surface area contributed by atoms with E-state index in [0.29, 0.717) is 39.1 Å². The highest BCUT2D eigenvalue weighted by molar-refractivity contribution is 5.79. The van der Waals surface area contributed by atoms with Gasteiger partial charge in [0.15, 0.2) is 0 Å². The molecule has 1 atom stereocenters. The number of carbonyl (C=O) groups is 3. The van der Waals surface area contributed by atoms with Crippen molar-refractivity contribution in [1.82, 2.24) is 10.2 Å².